The fourth-order valence-corrected chi connectivity index (χ4v) is 3.13. The number of hydrogen-bond acceptors (Lipinski definition) is 4. The van der Waals surface area contributed by atoms with Gasteiger partial charge in [-0.25, -0.2) is 4.98 Å². The molecule has 5 nitrogen and oxygen atoms in total. The molecule has 3 aromatic heterocycles. The summed E-state index contributed by atoms with van der Waals surface area (Å²) in [4.78, 5) is 19.0. The SMILES string of the molecule is Cc1cccnc1CN(CCc1cnc[nH]1)Cc1ncccc1C(C)C. The molecule has 26 heavy (non-hydrogen) atoms. The molecule has 0 bridgehead atoms. The molecule has 1 N–H and O–H groups in total. The van der Waals surface area contributed by atoms with E-state index in [-0.39, 0.29) is 0 Å². The predicted molar refractivity (Wildman–Crippen MR) is 104 cm³/mol. The lowest BCUT2D eigenvalue weighted by atomic mass is 10.0. The largest absolute Gasteiger partial charge is 0.348 e. The van der Waals surface area contributed by atoms with E-state index in [1.807, 2.05) is 30.7 Å². The molecule has 136 valence electrons. The molecule has 0 aliphatic heterocycles. The number of H-pyrrole nitrogens is 1. The number of nitrogens with zero attached hydrogens (tertiary/aromatic N) is 4. The average Bonchev–Trinajstić information content (AvgIpc) is 3.15. The van der Waals surface area contributed by atoms with E-state index in [0.29, 0.717) is 5.92 Å². The van der Waals surface area contributed by atoms with Crippen LogP contribution in [0.1, 0.15) is 48.0 Å². The third-order valence-corrected chi connectivity index (χ3v) is 4.66. The third-order valence-electron chi connectivity index (χ3n) is 4.66. The molecule has 0 unspecified atom stereocenters. The van der Waals surface area contributed by atoms with Crippen LogP contribution in [0.3, 0.4) is 0 Å². The Morgan fingerprint density at radius 1 is 1.04 bits per heavy atom. The van der Waals surface area contributed by atoms with Gasteiger partial charge in [0.25, 0.3) is 0 Å². The van der Waals surface area contributed by atoms with Gasteiger partial charge in [-0.15, -0.1) is 0 Å². The Morgan fingerprint density at radius 3 is 2.46 bits per heavy atom. The van der Waals surface area contributed by atoms with Gasteiger partial charge in [0, 0.05) is 50.3 Å². The molecular formula is C21H27N5. The Bertz CT molecular complexity index is 811. The lowest BCUT2D eigenvalue weighted by Crippen LogP contribution is -2.27. The molecule has 0 aromatic carbocycles. The molecule has 0 amide bonds. The lowest BCUT2D eigenvalue weighted by Gasteiger charge is -2.24. The highest BCUT2D eigenvalue weighted by atomic mass is 15.1. The predicted octanol–water partition coefficient (Wildman–Crippen LogP) is 3.88. The number of aryl methyl sites for hydroxylation is 1. The number of aromatic nitrogens is 4. The minimum absolute atomic E-state index is 0.463. The van der Waals surface area contributed by atoms with E-state index in [0.717, 1.165) is 43.1 Å². The van der Waals surface area contributed by atoms with Crippen molar-refractivity contribution in [2.75, 3.05) is 6.54 Å². The molecule has 5 heteroatoms. The smallest absolute Gasteiger partial charge is 0.0921 e. The van der Waals surface area contributed by atoms with Gasteiger partial charge in [-0.3, -0.25) is 14.9 Å². The maximum absolute atomic E-state index is 4.67. The van der Waals surface area contributed by atoms with Gasteiger partial charge in [0.1, 0.15) is 0 Å². The van der Waals surface area contributed by atoms with Crippen LogP contribution in [0.5, 0.6) is 0 Å². The Morgan fingerprint density at radius 2 is 1.77 bits per heavy atom. The summed E-state index contributed by atoms with van der Waals surface area (Å²) in [5.74, 6) is 0.463. The highest BCUT2D eigenvalue weighted by Crippen LogP contribution is 2.20. The van der Waals surface area contributed by atoms with Crippen LogP contribution in [0.15, 0.2) is 49.2 Å². The molecule has 0 aliphatic carbocycles. The fourth-order valence-electron chi connectivity index (χ4n) is 3.13. The molecule has 0 radical (unpaired) electrons. The van der Waals surface area contributed by atoms with Gasteiger partial charge in [-0.05, 0) is 36.1 Å². The first-order valence-corrected chi connectivity index (χ1v) is 9.17. The summed E-state index contributed by atoms with van der Waals surface area (Å²) >= 11 is 0. The maximum atomic E-state index is 4.67. The van der Waals surface area contributed by atoms with E-state index in [1.54, 1.807) is 6.33 Å². The van der Waals surface area contributed by atoms with Crippen LogP contribution in [0, 0.1) is 6.92 Å². The van der Waals surface area contributed by atoms with E-state index < -0.39 is 0 Å². The molecule has 0 saturated carbocycles. The minimum atomic E-state index is 0.463. The summed E-state index contributed by atoms with van der Waals surface area (Å²) in [6, 6.07) is 8.32. The molecule has 0 aliphatic rings. The molecule has 3 heterocycles. The number of pyridine rings is 2. The van der Waals surface area contributed by atoms with E-state index in [4.69, 9.17) is 0 Å². The first kappa shape index (κ1) is 18.3. The van der Waals surface area contributed by atoms with Crippen molar-refractivity contribution < 1.29 is 0 Å². The maximum Gasteiger partial charge on any atom is 0.0921 e. The van der Waals surface area contributed by atoms with Gasteiger partial charge in [0.15, 0.2) is 0 Å². The zero-order valence-corrected chi connectivity index (χ0v) is 15.8. The van der Waals surface area contributed by atoms with Crippen LogP contribution in [0.4, 0.5) is 0 Å². The van der Waals surface area contributed by atoms with Crippen molar-refractivity contribution in [3.05, 3.63) is 77.4 Å². The summed E-state index contributed by atoms with van der Waals surface area (Å²) in [6.07, 6.45) is 8.31. The monoisotopic (exact) mass is 349 g/mol. The average molecular weight is 349 g/mol. The molecule has 3 rings (SSSR count). The summed E-state index contributed by atoms with van der Waals surface area (Å²) in [6.45, 7) is 9.12. The summed E-state index contributed by atoms with van der Waals surface area (Å²) in [7, 11) is 0. The van der Waals surface area contributed by atoms with Crippen LogP contribution in [-0.2, 0) is 19.5 Å². The number of imidazole rings is 1. The van der Waals surface area contributed by atoms with Gasteiger partial charge in [0.05, 0.1) is 17.7 Å². The second-order valence-corrected chi connectivity index (χ2v) is 7.00. The standard InChI is InChI=1S/C21H27N5/c1-16(2)19-7-5-10-24-21(19)14-26(11-8-18-12-22-15-25-18)13-20-17(3)6-4-9-23-20/h4-7,9-10,12,15-16H,8,11,13-14H2,1-3H3,(H,22,25). The van der Waals surface area contributed by atoms with Crippen molar-refractivity contribution in [2.45, 2.75) is 46.2 Å². The normalized spacial score (nSPS) is 11.4. The Labute approximate surface area is 155 Å². The second-order valence-electron chi connectivity index (χ2n) is 7.00. The van der Waals surface area contributed by atoms with Crippen molar-refractivity contribution in [2.24, 2.45) is 0 Å². The van der Waals surface area contributed by atoms with Crippen LogP contribution >= 0.6 is 0 Å². The van der Waals surface area contributed by atoms with Crippen molar-refractivity contribution in [1.29, 1.82) is 0 Å². The lowest BCUT2D eigenvalue weighted by molar-refractivity contribution is 0.251. The third kappa shape index (κ3) is 4.76. The van der Waals surface area contributed by atoms with Gasteiger partial charge in [0.2, 0.25) is 0 Å². The van der Waals surface area contributed by atoms with Crippen molar-refractivity contribution >= 4 is 0 Å². The van der Waals surface area contributed by atoms with Crippen molar-refractivity contribution in [1.82, 2.24) is 24.8 Å². The van der Waals surface area contributed by atoms with E-state index in [2.05, 4.69) is 57.7 Å². The van der Waals surface area contributed by atoms with E-state index in [9.17, 15) is 0 Å². The van der Waals surface area contributed by atoms with Crippen LogP contribution in [0.25, 0.3) is 0 Å². The molecule has 0 atom stereocenters. The Balaban J connectivity index is 1.79. The highest BCUT2D eigenvalue weighted by Gasteiger charge is 2.14. The van der Waals surface area contributed by atoms with E-state index >= 15 is 0 Å². The van der Waals surface area contributed by atoms with Gasteiger partial charge < -0.3 is 4.98 Å². The van der Waals surface area contributed by atoms with Gasteiger partial charge in [-0.1, -0.05) is 26.0 Å². The zero-order chi connectivity index (χ0) is 18.4. The summed E-state index contributed by atoms with van der Waals surface area (Å²) in [5.41, 5.74) is 5.97. The zero-order valence-electron chi connectivity index (χ0n) is 15.8. The molecule has 0 saturated heterocycles. The Kier molecular flexibility index (Phi) is 6.12. The highest BCUT2D eigenvalue weighted by molar-refractivity contribution is 5.23. The number of nitrogens with one attached hydrogen (secondary N) is 1. The molecular weight excluding hydrogens is 322 g/mol. The van der Waals surface area contributed by atoms with Crippen molar-refractivity contribution in [3.63, 3.8) is 0 Å². The summed E-state index contributed by atoms with van der Waals surface area (Å²) in [5, 5.41) is 0. The molecule has 0 fully saturated rings. The van der Waals surface area contributed by atoms with Crippen LogP contribution in [0.2, 0.25) is 0 Å². The number of aromatic amines is 1. The number of hydrogen-bond donors (Lipinski definition) is 1. The topological polar surface area (TPSA) is 57.7 Å². The molecule has 0 spiro atoms. The first-order chi connectivity index (χ1) is 12.6. The Hall–Kier alpha value is -2.53. The fraction of sp³-hybridized carbons (Fsp3) is 0.381. The minimum Gasteiger partial charge on any atom is -0.348 e. The number of rotatable bonds is 8. The quantitative estimate of drug-likeness (QED) is 0.670. The second kappa shape index (κ2) is 8.72. The van der Waals surface area contributed by atoms with Gasteiger partial charge in [-0.2, -0.15) is 0 Å². The van der Waals surface area contributed by atoms with E-state index in [1.165, 1.54) is 11.1 Å². The first-order valence-electron chi connectivity index (χ1n) is 9.17. The molecule has 3 aromatic rings. The van der Waals surface area contributed by atoms with Gasteiger partial charge >= 0.3 is 0 Å². The van der Waals surface area contributed by atoms with Crippen molar-refractivity contribution in [3.8, 4) is 0 Å². The van der Waals surface area contributed by atoms with Crippen LogP contribution < -0.4 is 0 Å². The summed E-state index contributed by atoms with van der Waals surface area (Å²) < 4.78 is 0. The van der Waals surface area contributed by atoms with Crippen LogP contribution in [-0.4, -0.2) is 31.4 Å².